The van der Waals surface area contributed by atoms with Crippen molar-refractivity contribution in [1.29, 1.82) is 0 Å². The van der Waals surface area contributed by atoms with Gasteiger partial charge in [-0.05, 0) is 93.9 Å². The standard InChI is InChI=1S/C21H23F3N6O4S.C16H13BrF3N5O2S.C5H11NO2/c1-6-35(32,33)15-10-13(27-19(31)34-20(2,3)4)11-26-16(15)18-29-28-17(30(18)5)14-9-12(7-8-25-14)21(22,23)24;1-3-28(26,27)12-7-10(17)8-22-13(12)15-24-23-14(25(15)2)11-6-9(4-5-21-11)16(18,19)20;1-5(2,3)8-4(6)7/h7-11H,6H2,1-5H3,(H,27,31);4-8H,3H2,1-2H3;1-3H3,(H2,6,7). The van der Waals surface area contributed by atoms with Crippen LogP contribution in [0.25, 0.3) is 46.1 Å². The van der Waals surface area contributed by atoms with Crippen LogP contribution in [-0.4, -0.2) is 101 Å². The molecule has 0 unspecified atom stereocenters. The predicted octanol–water partition coefficient (Wildman–Crippen LogP) is 8.49. The van der Waals surface area contributed by atoms with Gasteiger partial charge < -0.3 is 24.3 Å². The quantitative estimate of drug-likeness (QED) is 0.128. The molecule has 0 atom stereocenters. The highest BCUT2D eigenvalue weighted by molar-refractivity contribution is 9.10. The van der Waals surface area contributed by atoms with Gasteiger partial charge in [-0.2, -0.15) is 26.3 Å². The van der Waals surface area contributed by atoms with Gasteiger partial charge in [0.1, 0.15) is 34.0 Å². The van der Waals surface area contributed by atoms with Crippen LogP contribution in [0.2, 0.25) is 0 Å². The number of anilines is 1. The van der Waals surface area contributed by atoms with E-state index in [1.165, 1.54) is 61.6 Å². The van der Waals surface area contributed by atoms with Gasteiger partial charge in [-0.15, -0.1) is 20.4 Å². The Labute approximate surface area is 411 Å². The number of hydrogen-bond acceptors (Lipinski definition) is 16. The van der Waals surface area contributed by atoms with E-state index in [1.54, 1.807) is 41.5 Å². The molecule has 71 heavy (non-hydrogen) atoms. The van der Waals surface area contributed by atoms with Crippen molar-refractivity contribution in [2.45, 2.75) is 88.7 Å². The Morgan fingerprint density at radius 2 is 1.03 bits per heavy atom. The van der Waals surface area contributed by atoms with Crippen LogP contribution in [0.4, 0.5) is 41.6 Å². The smallest absolute Gasteiger partial charge is 0.416 e. The molecule has 0 radical (unpaired) electrons. The van der Waals surface area contributed by atoms with E-state index >= 15 is 0 Å². The number of rotatable bonds is 9. The van der Waals surface area contributed by atoms with E-state index in [0.717, 1.165) is 36.7 Å². The Balaban J connectivity index is 0.000000272. The second-order valence-electron chi connectivity index (χ2n) is 16.7. The Kier molecular flexibility index (Phi) is 17.5. The average molecular weight is 1110 g/mol. The molecule has 384 valence electrons. The van der Waals surface area contributed by atoms with Gasteiger partial charge in [0.25, 0.3) is 0 Å². The van der Waals surface area contributed by atoms with Crippen molar-refractivity contribution in [1.82, 2.24) is 49.5 Å². The number of ether oxygens (including phenoxy) is 2. The maximum atomic E-state index is 13.1. The highest BCUT2D eigenvalue weighted by Crippen LogP contribution is 2.35. The van der Waals surface area contributed by atoms with Crippen molar-refractivity contribution in [3.8, 4) is 46.1 Å². The van der Waals surface area contributed by atoms with Crippen molar-refractivity contribution in [3.63, 3.8) is 0 Å². The second kappa shape index (κ2) is 21.8. The molecular formula is C42H47BrF6N12O8S2. The van der Waals surface area contributed by atoms with Crippen LogP contribution in [0.15, 0.2) is 75.4 Å². The number of sulfone groups is 2. The van der Waals surface area contributed by atoms with Gasteiger partial charge in [0, 0.05) is 37.2 Å². The lowest BCUT2D eigenvalue weighted by Gasteiger charge is -2.20. The minimum atomic E-state index is -4.58. The van der Waals surface area contributed by atoms with Gasteiger partial charge in [0.05, 0.1) is 44.3 Å². The molecule has 0 aliphatic carbocycles. The summed E-state index contributed by atoms with van der Waals surface area (Å²) in [6, 6.07) is 5.96. The lowest BCUT2D eigenvalue weighted by Crippen LogP contribution is -2.27. The number of aromatic nitrogens is 10. The predicted molar refractivity (Wildman–Crippen MR) is 248 cm³/mol. The number of carbonyl (C=O) groups is 2. The summed E-state index contributed by atoms with van der Waals surface area (Å²) in [7, 11) is -4.56. The third kappa shape index (κ3) is 15.2. The minimum absolute atomic E-state index is 0.0185. The van der Waals surface area contributed by atoms with E-state index in [-0.39, 0.29) is 73.1 Å². The van der Waals surface area contributed by atoms with Crippen molar-refractivity contribution in [2.24, 2.45) is 19.8 Å². The third-order valence-electron chi connectivity index (χ3n) is 8.96. The Bertz CT molecular complexity index is 3140. The summed E-state index contributed by atoms with van der Waals surface area (Å²) in [5.74, 6) is -0.340. The van der Waals surface area contributed by atoms with Gasteiger partial charge in [-0.1, -0.05) is 13.8 Å². The minimum Gasteiger partial charge on any atom is -0.444 e. The first-order valence-corrected chi connectivity index (χ1v) is 24.6. The molecule has 0 aromatic carbocycles. The molecular weight excluding hydrogens is 1060 g/mol. The number of primary amides is 1. The van der Waals surface area contributed by atoms with Crippen LogP contribution in [0.3, 0.4) is 0 Å². The Hall–Kier alpha value is -6.62. The van der Waals surface area contributed by atoms with E-state index < -0.39 is 66.5 Å². The molecule has 0 saturated heterocycles. The summed E-state index contributed by atoms with van der Waals surface area (Å²) in [5, 5.41) is 18.1. The van der Waals surface area contributed by atoms with Crippen LogP contribution in [0, 0.1) is 0 Å². The van der Waals surface area contributed by atoms with Gasteiger partial charge in [0.2, 0.25) is 0 Å². The number of hydrogen-bond donors (Lipinski definition) is 2. The molecule has 29 heteroatoms. The first-order valence-electron chi connectivity index (χ1n) is 20.5. The van der Waals surface area contributed by atoms with Crippen LogP contribution in [0.1, 0.15) is 66.5 Å². The number of nitrogens with two attached hydrogens (primary N) is 1. The zero-order valence-corrected chi connectivity index (χ0v) is 42.7. The van der Waals surface area contributed by atoms with Crippen LogP contribution < -0.4 is 11.1 Å². The summed E-state index contributed by atoms with van der Waals surface area (Å²) < 4.78 is 142. The number of alkyl halides is 6. The normalized spacial score (nSPS) is 12.2. The average Bonchev–Trinajstić information content (AvgIpc) is 3.83. The second-order valence-corrected chi connectivity index (χ2v) is 22.1. The maximum absolute atomic E-state index is 13.1. The van der Waals surface area contributed by atoms with E-state index in [0.29, 0.717) is 4.47 Å². The van der Waals surface area contributed by atoms with Crippen molar-refractivity contribution >= 4 is 53.5 Å². The molecule has 6 rings (SSSR count). The van der Waals surface area contributed by atoms with Crippen molar-refractivity contribution < 1.29 is 62.2 Å². The largest absolute Gasteiger partial charge is 0.444 e. The highest BCUT2D eigenvalue weighted by atomic mass is 79.9. The third-order valence-corrected chi connectivity index (χ3v) is 12.9. The maximum Gasteiger partial charge on any atom is 0.416 e. The lowest BCUT2D eigenvalue weighted by atomic mass is 10.2. The molecule has 6 aromatic rings. The van der Waals surface area contributed by atoms with E-state index in [1.807, 2.05) is 0 Å². The first kappa shape index (κ1) is 57.0. The first-order chi connectivity index (χ1) is 32.6. The van der Waals surface area contributed by atoms with E-state index in [4.69, 9.17) is 10.5 Å². The number of nitrogens with one attached hydrogen (secondary N) is 1. The van der Waals surface area contributed by atoms with Crippen molar-refractivity contribution in [2.75, 3.05) is 16.8 Å². The lowest BCUT2D eigenvalue weighted by molar-refractivity contribution is -0.138. The fourth-order valence-corrected chi connectivity index (χ4v) is 8.35. The molecule has 6 heterocycles. The molecule has 0 fully saturated rings. The number of nitrogens with zero attached hydrogens (tertiary/aromatic N) is 10. The van der Waals surface area contributed by atoms with Gasteiger partial charge in [-0.25, -0.2) is 31.4 Å². The fourth-order valence-electron chi connectivity index (χ4n) is 5.75. The molecule has 3 N–H and O–H groups in total. The summed E-state index contributed by atoms with van der Waals surface area (Å²) in [6.07, 6.45) is -6.01. The van der Waals surface area contributed by atoms with Crippen molar-refractivity contribution in [3.05, 3.63) is 76.8 Å². The number of pyridine rings is 4. The Morgan fingerprint density at radius 1 is 0.634 bits per heavy atom. The molecule has 6 aromatic heterocycles. The van der Waals surface area contributed by atoms with Gasteiger partial charge in [0.15, 0.2) is 43.0 Å². The summed E-state index contributed by atoms with van der Waals surface area (Å²) >= 11 is 3.19. The molecule has 0 bridgehead atoms. The molecule has 0 spiro atoms. The summed E-state index contributed by atoms with van der Waals surface area (Å²) in [5.41, 5.74) is 1.57. The van der Waals surface area contributed by atoms with Gasteiger partial charge >= 0.3 is 24.5 Å². The molecule has 0 aliphatic rings. The summed E-state index contributed by atoms with van der Waals surface area (Å²) in [4.78, 5) is 38.0. The van der Waals surface area contributed by atoms with Crippen LogP contribution in [0.5, 0.6) is 0 Å². The topological polar surface area (TPSA) is 272 Å². The van der Waals surface area contributed by atoms with E-state index in [9.17, 15) is 52.8 Å². The van der Waals surface area contributed by atoms with E-state index in [2.05, 4.69) is 66.3 Å². The van der Waals surface area contributed by atoms with Gasteiger partial charge in [-0.3, -0.25) is 20.3 Å². The number of carbonyl (C=O) groups excluding carboxylic acids is 2. The SMILES string of the molecule is CC(C)(C)OC(N)=O.CCS(=O)(=O)c1cc(Br)cnc1-c1nnc(-c2cc(C(F)(F)F)ccn2)n1C.CCS(=O)(=O)c1cc(NC(=O)OC(C)(C)C)cnc1-c1nnc(-c2cc(C(F)(F)F)ccn2)n1C. The Morgan fingerprint density at radius 3 is 1.39 bits per heavy atom. The number of amides is 2. The number of halogens is 7. The molecule has 2 amide bonds. The fraction of sp³-hybridized carbons (Fsp3) is 0.381. The zero-order valence-electron chi connectivity index (χ0n) is 39.5. The van der Waals surface area contributed by atoms with Crippen LogP contribution in [-0.2, 0) is 55.6 Å². The molecule has 0 saturated carbocycles. The highest BCUT2D eigenvalue weighted by Gasteiger charge is 2.33. The zero-order chi connectivity index (χ0) is 53.7. The molecule has 20 nitrogen and oxygen atoms in total. The molecule has 0 aliphatic heterocycles. The monoisotopic (exact) mass is 1100 g/mol. The summed E-state index contributed by atoms with van der Waals surface area (Å²) in [6.45, 7) is 13.2. The van der Waals surface area contributed by atoms with Crippen LogP contribution >= 0.6 is 15.9 Å².